The molecule has 1 aromatic rings. The molecule has 1 atom stereocenters. The maximum Gasteiger partial charge on any atom is 0.387 e. The highest BCUT2D eigenvalue weighted by Crippen LogP contribution is 2.25. The van der Waals surface area contributed by atoms with E-state index in [2.05, 4.69) is 9.13 Å². The maximum atomic E-state index is 12.4. The van der Waals surface area contributed by atoms with Crippen molar-refractivity contribution in [2.24, 2.45) is 4.40 Å². The van der Waals surface area contributed by atoms with E-state index in [1.165, 1.54) is 12.1 Å². The van der Waals surface area contributed by atoms with Crippen LogP contribution in [0.3, 0.4) is 0 Å². The number of ether oxygens (including phenoxy) is 2. The topological polar surface area (TPSA) is 47.9 Å². The summed E-state index contributed by atoms with van der Waals surface area (Å²) in [4.78, 5) is 0. The average molecular weight is 345 g/mol. The van der Waals surface area contributed by atoms with Crippen molar-refractivity contribution in [1.29, 1.82) is 0 Å². The summed E-state index contributed by atoms with van der Waals surface area (Å²) < 4.78 is 50.8. The largest absolute Gasteiger partial charge is 0.435 e. The van der Waals surface area contributed by atoms with Gasteiger partial charge >= 0.3 is 6.61 Å². The van der Waals surface area contributed by atoms with E-state index >= 15 is 0 Å². The lowest BCUT2D eigenvalue weighted by Crippen LogP contribution is -2.22. The Kier molecular flexibility index (Phi) is 5.86. The van der Waals surface area contributed by atoms with Crippen molar-refractivity contribution in [3.8, 4) is 5.75 Å². The van der Waals surface area contributed by atoms with Crippen LogP contribution in [-0.2, 0) is 15.7 Å². The minimum Gasteiger partial charge on any atom is -0.435 e. The third-order valence-corrected chi connectivity index (χ3v) is 4.52. The molecule has 0 aliphatic heterocycles. The number of hydrogen-bond acceptors (Lipinski definition) is 3. The predicted octanol–water partition coefficient (Wildman–Crippen LogP) is 3.72. The van der Waals surface area contributed by atoms with Gasteiger partial charge in [0.25, 0.3) is 0 Å². The summed E-state index contributed by atoms with van der Waals surface area (Å²) in [6.45, 7) is 2.77. The highest BCUT2D eigenvalue weighted by molar-refractivity contribution is 7.85. The van der Waals surface area contributed by atoms with Gasteiger partial charge in [0.1, 0.15) is 16.7 Å². The average Bonchev–Trinajstić information content (AvgIpc) is 3.25. The Morgan fingerprint density at radius 3 is 2.65 bits per heavy atom. The van der Waals surface area contributed by atoms with Crippen molar-refractivity contribution in [3.63, 3.8) is 0 Å². The van der Waals surface area contributed by atoms with E-state index < -0.39 is 22.3 Å². The summed E-state index contributed by atoms with van der Waals surface area (Å²) in [5.74, 6) is 0.0400. The third-order valence-electron chi connectivity index (χ3n) is 3.09. The first-order valence-electron chi connectivity index (χ1n) is 7.42. The molecule has 0 spiro atoms. The van der Waals surface area contributed by atoms with Gasteiger partial charge in [-0.25, -0.2) is 4.21 Å². The number of rotatable bonds is 7. The molecule has 1 saturated carbocycles. The molecular formula is C16H21F2NO3S. The van der Waals surface area contributed by atoms with E-state index in [-0.39, 0.29) is 18.5 Å². The Morgan fingerprint density at radius 2 is 2.09 bits per heavy atom. The Hall–Kier alpha value is -1.34. The lowest BCUT2D eigenvalue weighted by Gasteiger charge is -2.16. The van der Waals surface area contributed by atoms with Crippen LogP contribution in [0, 0.1) is 0 Å². The molecule has 4 nitrogen and oxygen atoms in total. The first-order valence-corrected chi connectivity index (χ1v) is 8.53. The monoisotopic (exact) mass is 345 g/mol. The van der Waals surface area contributed by atoms with Crippen LogP contribution in [-0.4, -0.2) is 34.0 Å². The van der Waals surface area contributed by atoms with Gasteiger partial charge in [-0.2, -0.15) is 13.2 Å². The van der Waals surface area contributed by atoms with Crippen LogP contribution >= 0.6 is 0 Å². The number of hydrogen-bond donors (Lipinski definition) is 0. The van der Waals surface area contributed by atoms with Crippen molar-refractivity contribution < 1.29 is 22.5 Å². The summed E-state index contributed by atoms with van der Waals surface area (Å²) in [6, 6.07) is 6.21. The fraction of sp³-hybridized carbons (Fsp3) is 0.562. The van der Waals surface area contributed by atoms with Gasteiger partial charge in [0, 0.05) is 5.56 Å². The van der Waals surface area contributed by atoms with Gasteiger partial charge in [0.15, 0.2) is 0 Å². The lowest BCUT2D eigenvalue weighted by atomic mass is 10.1. The molecule has 1 aliphatic carbocycles. The maximum absolute atomic E-state index is 12.4. The van der Waals surface area contributed by atoms with E-state index in [1.54, 1.807) is 12.1 Å². The normalized spacial score (nSPS) is 17.4. The molecule has 0 aromatic heterocycles. The number of alkyl halides is 2. The van der Waals surface area contributed by atoms with Gasteiger partial charge in [-0.15, -0.1) is 0 Å². The van der Waals surface area contributed by atoms with E-state index in [1.807, 2.05) is 20.8 Å². The third kappa shape index (κ3) is 5.99. The van der Waals surface area contributed by atoms with Crippen molar-refractivity contribution in [2.45, 2.75) is 51.1 Å². The van der Waals surface area contributed by atoms with Crippen LogP contribution in [0.15, 0.2) is 28.7 Å². The molecule has 1 aromatic carbocycles. The predicted molar refractivity (Wildman–Crippen MR) is 86.5 cm³/mol. The van der Waals surface area contributed by atoms with Crippen LogP contribution in [0.2, 0.25) is 0 Å². The zero-order valence-corrected chi connectivity index (χ0v) is 14.2. The van der Waals surface area contributed by atoms with Gasteiger partial charge in [-0.1, -0.05) is 12.1 Å². The zero-order chi connectivity index (χ0) is 17.0. The molecule has 2 rings (SSSR count). The van der Waals surface area contributed by atoms with Crippen LogP contribution < -0.4 is 4.74 Å². The van der Waals surface area contributed by atoms with Crippen molar-refractivity contribution in [1.82, 2.24) is 0 Å². The Bertz CT molecular complexity index is 595. The van der Waals surface area contributed by atoms with Crippen LogP contribution in [0.1, 0.15) is 39.2 Å². The van der Waals surface area contributed by atoms with Gasteiger partial charge < -0.3 is 9.47 Å². The molecule has 0 amide bonds. The summed E-state index contributed by atoms with van der Waals surface area (Å²) >= 11 is 0. The SMILES string of the molecule is CC(C)(C)[S@@](=O)N=C(COC1CC1)c1cccc(OC(F)F)c1. The Labute approximate surface area is 137 Å². The summed E-state index contributed by atoms with van der Waals surface area (Å²) in [7, 11) is -1.46. The second kappa shape index (κ2) is 7.49. The van der Waals surface area contributed by atoms with Gasteiger partial charge in [0.05, 0.1) is 23.2 Å². The van der Waals surface area contributed by atoms with Crippen molar-refractivity contribution >= 4 is 16.7 Å². The molecule has 0 N–H and O–H groups in total. The fourth-order valence-corrected chi connectivity index (χ4v) is 2.31. The quantitative estimate of drug-likeness (QED) is 0.708. The second-order valence-electron chi connectivity index (χ2n) is 6.32. The van der Waals surface area contributed by atoms with Crippen molar-refractivity contribution in [3.05, 3.63) is 29.8 Å². The molecule has 0 saturated heterocycles. The van der Waals surface area contributed by atoms with Crippen LogP contribution in [0.25, 0.3) is 0 Å². The number of nitrogens with zero attached hydrogens (tertiary/aromatic N) is 1. The summed E-state index contributed by atoms with van der Waals surface area (Å²) in [5.41, 5.74) is 1.05. The van der Waals surface area contributed by atoms with E-state index in [0.717, 1.165) is 12.8 Å². The lowest BCUT2D eigenvalue weighted by molar-refractivity contribution is -0.0498. The highest BCUT2D eigenvalue weighted by atomic mass is 32.2. The number of benzene rings is 1. The molecule has 0 unspecified atom stereocenters. The van der Waals surface area contributed by atoms with Crippen LogP contribution in [0.4, 0.5) is 8.78 Å². The van der Waals surface area contributed by atoms with E-state index in [4.69, 9.17) is 4.74 Å². The van der Waals surface area contributed by atoms with E-state index in [0.29, 0.717) is 11.3 Å². The van der Waals surface area contributed by atoms with Crippen LogP contribution in [0.5, 0.6) is 5.75 Å². The molecule has 0 heterocycles. The molecule has 7 heteroatoms. The van der Waals surface area contributed by atoms with E-state index in [9.17, 15) is 13.0 Å². The molecule has 1 aliphatic rings. The Balaban J connectivity index is 2.24. The fourth-order valence-electron chi connectivity index (χ4n) is 1.68. The molecule has 23 heavy (non-hydrogen) atoms. The zero-order valence-electron chi connectivity index (χ0n) is 13.4. The molecule has 0 bridgehead atoms. The summed E-state index contributed by atoms with van der Waals surface area (Å²) in [5, 5.41) is 0. The first-order chi connectivity index (χ1) is 10.8. The first kappa shape index (κ1) is 18.0. The van der Waals surface area contributed by atoms with Gasteiger partial charge in [0.2, 0.25) is 0 Å². The molecule has 0 radical (unpaired) electrons. The van der Waals surface area contributed by atoms with Crippen molar-refractivity contribution in [2.75, 3.05) is 6.61 Å². The minimum absolute atomic E-state index is 0.0400. The number of halogens is 2. The Morgan fingerprint density at radius 1 is 1.39 bits per heavy atom. The second-order valence-corrected chi connectivity index (χ2v) is 8.22. The standard InChI is InChI=1S/C16H21F2NO3S/c1-16(2,3)23(20)19-14(10-21-12-7-8-12)11-5-4-6-13(9-11)22-15(17)18/h4-6,9,12,15H,7-8,10H2,1-3H3/t23-/m1/s1. The molecule has 1 fully saturated rings. The molecular weight excluding hydrogens is 324 g/mol. The smallest absolute Gasteiger partial charge is 0.387 e. The molecule has 128 valence electrons. The van der Waals surface area contributed by atoms with Gasteiger partial charge in [-0.05, 0) is 45.7 Å². The highest BCUT2D eigenvalue weighted by Gasteiger charge is 2.24. The summed E-state index contributed by atoms with van der Waals surface area (Å²) in [6.07, 6.45) is 2.22. The van der Waals surface area contributed by atoms with Gasteiger partial charge in [-0.3, -0.25) is 0 Å². The minimum atomic E-state index is -2.89.